The van der Waals surface area contributed by atoms with E-state index in [9.17, 15) is 4.79 Å². The second-order valence-corrected chi connectivity index (χ2v) is 6.05. The number of nitrogens with one attached hydrogen (secondary N) is 2. The first-order valence-corrected chi connectivity index (χ1v) is 8.40. The molecular weight excluding hydrogens is 344 g/mol. The van der Waals surface area contributed by atoms with E-state index < -0.39 is 6.17 Å². The van der Waals surface area contributed by atoms with Crippen LogP contribution in [0, 0.1) is 6.92 Å². The normalized spacial score (nSPS) is 15.3. The van der Waals surface area contributed by atoms with Crippen LogP contribution in [0.1, 0.15) is 17.4 Å². The van der Waals surface area contributed by atoms with Gasteiger partial charge in [-0.2, -0.15) is 0 Å². The number of anilines is 2. The van der Waals surface area contributed by atoms with Gasteiger partial charge in [0.1, 0.15) is 5.75 Å². The van der Waals surface area contributed by atoms with Gasteiger partial charge in [-0.3, -0.25) is 19.7 Å². The number of aliphatic imine (C=N–C) groups is 1. The zero-order valence-corrected chi connectivity index (χ0v) is 14.9. The minimum atomic E-state index is -0.559. The zero-order chi connectivity index (χ0) is 18.8. The SMILES string of the molecule is COc1ccc(NC2=N[C@@H](c3cccnc3)n3c(nc(C)cc3=O)N2)cc1. The summed E-state index contributed by atoms with van der Waals surface area (Å²) in [6, 6.07) is 12.7. The zero-order valence-electron chi connectivity index (χ0n) is 14.9. The maximum atomic E-state index is 12.6. The van der Waals surface area contributed by atoms with Crippen LogP contribution in [0.2, 0.25) is 0 Å². The Labute approximate surface area is 155 Å². The fourth-order valence-electron chi connectivity index (χ4n) is 2.88. The Morgan fingerprint density at radius 2 is 2.04 bits per heavy atom. The summed E-state index contributed by atoms with van der Waals surface area (Å²) in [7, 11) is 1.62. The number of aryl methyl sites for hydroxylation is 1. The Kier molecular flexibility index (Phi) is 4.29. The molecule has 0 saturated heterocycles. The molecule has 1 aromatic carbocycles. The molecule has 2 N–H and O–H groups in total. The lowest BCUT2D eigenvalue weighted by Gasteiger charge is -2.26. The van der Waals surface area contributed by atoms with Gasteiger partial charge in [-0.05, 0) is 37.3 Å². The molecule has 0 bridgehead atoms. The molecule has 0 spiro atoms. The number of hydrogen-bond donors (Lipinski definition) is 2. The molecule has 3 aromatic rings. The van der Waals surface area contributed by atoms with Crippen molar-refractivity contribution in [3.63, 3.8) is 0 Å². The molecule has 27 heavy (non-hydrogen) atoms. The Bertz CT molecular complexity index is 1040. The molecule has 8 nitrogen and oxygen atoms in total. The Balaban J connectivity index is 1.74. The highest BCUT2D eigenvalue weighted by atomic mass is 16.5. The molecule has 2 aromatic heterocycles. The molecule has 0 amide bonds. The molecule has 0 unspecified atom stereocenters. The summed E-state index contributed by atoms with van der Waals surface area (Å²) in [4.78, 5) is 25.8. The average Bonchev–Trinajstić information content (AvgIpc) is 2.68. The van der Waals surface area contributed by atoms with Gasteiger partial charge in [-0.1, -0.05) is 6.07 Å². The van der Waals surface area contributed by atoms with Crippen molar-refractivity contribution in [3.05, 3.63) is 76.5 Å². The molecule has 0 radical (unpaired) electrons. The monoisotopic (exact) mass is 362 g/mol. The largest absolute Gasteiger partial charge is 0.497 e. The van der Waals surface area contributed by atoms with Crippen LogP contribution < -0.4 is 20.9 Å². The highest BCUT2D eigenvalue weighted by Crippen LogP contribution is 2.25. The van der Waals surface area contributed by atoms with E-state index in [-0.39, 0.29) is 5.56 Å². The Morgan fingerprint density at radius 1 is 1.22 bits per heavy atom. The molecule has 1 atom stereocenters. The third-order valence-electron chi connectivity index (χ3n) is 4.14. The lowest BCUT2D eigenvalue weighted by atomic mass is 10.2. The topological polar surface area (TPSA) is 93.4 Å². The summed E-state index contributed by atoms with van der Waals surface area (Å²) in [5, 5.41) is 6.31. The van der Waals surface area contributed by atoms with Gasteiger partial charge in [0.25, 0.3) is 5.56 Å². The van der Waals surface area contributed by atoms with E-state index in [4.69, 9.17) is 4.74 Å². The molecule has 8 heteroatoms. The molecular formula is C19H18N6O2. The van der Waals surface area contributed by atoms with E-state index in [0.29, 0.717) is 17.6 Å². The molecule has 0 saturated carbocycles. The summed E-state index contributed by atoms with van der Waals surface area (Å²) in [6.45, 7) is 1.78. The maximum absolute atomic E-state index is 12.6. The van der Waals surface area contributed by atoms with E-state index in [1.165, 1.54) is 10.6 Å². The number of fused-ring (bicyclic) bond motifs is 1. The van der Waals surface area contributed by atoms with Crippen LogP contribution in [-0.2, 0) is 0 Å². The number of ether oxygens (including phenoxy) is 1. The maximum Gasteiger partial charge on any atom is 0.257 e. The predicted octanol–water partition coefficient (Wildman–Crippen LogP) is 2.40. The summed E-state index contributed by atoms with van der Waals surface area (Å²) in [6.07, 6.45) is 2.82. The summed E-state index contributed by atoms with van der Waals surface area (Å²) >= 11 is 0. The first-order valence-electron chi connectivity index (χ1n) is 8.40. The number of aromatic nitrogens is 3. The van der Waals surface area contributed by atoms with Gasteiger partial charge in [-0.15, -0.1) is 0 Å². The summed E-state index contributed by atoms with van der Waals surface area (Å²) in [5.41, 5.74) is 2.08. The van der Waals surface area contributed by atoms with Crippen LogP contribution in [0.3, 0.4) is 0 Å². The van der Waals surface area contributed by atoms with E-state index in [1.807, 2.05) is 36.4 Å². The van der Waals surface area contributed by atoms with Gasteiger partial charge >= 0.3 is 0 Å². The lowest BCUT2D eigenvalue weighted by molar-refractivity contribution is 0.415. The molecule has 0 fully saturated rings. The van der Waals surface area contributed by atoms with Crippen LogP contribution in [0.5, 0.6) is 5.75 Å². The van der Waals surface area contributed by atoms with Crippen molar-refractivity contribution in [1.82, 2.24) is 14.5 Å². The van der Waals surface area contributed by atoms with Crippen LogP contribution >= 0.6 is 0 Å². The van der Waals surface area contributed by atoms with Gasteiger partial charge in [0.05, 0.1) is 7.11 Å². The first-order chi connectivity index (χ1) is 13.1. The second kappa shape index (κ2) is 6.91. The minimum absolute atomic E-state index is 0.175. The summed E-state index contributed by atoms with van der Waals surface area (Å²) < 4.78 is 6.70. The Hall–Kier alpha value is -3.68. The van der Waals surface area contributed by atoms with Gasteiger partial charge in [0.15, 0.2) is 6.17 Å². The third-order valence-corrected chi connectivity index (χ3v) is 4.14. The highest BCUT2D eigenvalue weighted by molar-refractivity contribution is 6.03. The van der Waals surface area contributed by atoms with E-state index in [0.717, 1.165) is 17.0 Å². The standard InChI is InChI=1S/C19H18N6O2/c1-12-10-16(26)25-17(13-4-3-9-20-11-13)23-18(24-19(25)21-12)22-14-5-7-15(27-2)8-6-14/h3-11,17H,1-2H3,(H2,21,22,23,24)/t17-/m1/s1. The van der Waals surface area contributed by atoms with Crippen molar-refractivity contribution in [1.29, 1.82) is 0 Å². The van der Waals surface area contributed by atoms with E-state index in [2.05, 4.69) is 25.6 Å². The number of methoxy groups -OCH3 is 1. The van der Waals surface area contributed by atoms with Crippen molar-refractivity contribution in [2.45, 2.75) is 13.1 Å². The molecule has 4 rings (SSSR count). The third kappa shape index (κ3) is 3.37. The Morgan fingerprint density at radius 3 is 2.74 bits per heavy atom. The number of nitrogens with zero attached hydrogens (tertiary/aromatic N) is 4. The number of benzene rings is 1. The van der Waals surface area contributed by atoms with Gasteiger partial charge in [0.2, 0.25) is 11.9 Å². The van der Waals surface area contributed by atoms with Crippen molar-refractivity contribution < 1.29 is 4.74 Å². The van der Waals surface area contributed by atoms with Crippen molar-refractivity contribution in [2.24, 2.45) is 4.99 Å². The van der Waals surface area contributed by atoms with Gasteiger partial charge in [0, 0.05) is 35.4 Å². The molecule has 0 aliphatic carbocycles. The second-order valence-electron chi connectivity index (χ2n) is 6.05. The van der Waals surface area contributed by atoms with Crippen molar-refractivity contribution in [2.75, 3.05) is 17.7 Å². The molecule has 1 aliphatic rings. The lowest BCUT2D eigenvalue weighted by Crippen LogP contribution is -2.37. The van der Waals surface area contributed by atoms with Gasteiger partial charge < -0.3 is 10.1 Å². The average molecular weight is 362 g/mol. The van der Waals surface area contributed by atoms with Crippen LogP contribution in [-0.4, -0.2) is 27.6 Å². The van der Waals surface area contributed by atoms with E-state index in [1.54, 1.807) is 26.4 Å². The van der Waals surface area contributed by atoms with Crippen molar-refractivity contribution >= 4 is 17.6 Å². The van der Waals surface area contributed by atoms with Gasteiger partial charge in [-0.25, -0.2) is 9.98 Å². The fraction of sp³-hybridized carbons (Fsp3) is 0.158. The summed E-state index contributed by atoms with van der Waals surface area (Å²) in [5.74, 6) is 1.69. The van der Waals surface area contributed by atoms with Crippen LogP contribution in [0.25, 0.3) is 0 Å². The molecule has 3 heterocycles. The van der Waals surface area contributed by atoms with Crippen LogP contribution in [0.15, 0.2) is 64.6 Å². The predicted molar refractivity (Wildman–Crippen MR) is 103 cm³/mol. The molecule has 1 aliphatic heterocycles. The fourth-order valence-corrected chi connectivity index (χ4v) is 2.88. The van der Waals surface area contributed by atoms with Crippen LogP contribution in [0.4, 0.5) is 11.6 Å². The first kappa shape index (κ1) is 16.8. The van der Waals surface area contributed by atoms with E-state index >= 15 is 0 Å². The molecule has 136 valence electrons. The quantitative estimate of drug-likeness (QED) is 0.743. The number of hydrogen-bond acceptors (Lipinski definition) is 7. The minimum Gasteiger partial charge on any atom is -0.497 e. The number of pyridine rings is 1. The smallest absolute Gasteiger partial charge is 0.257 e. The highest BCUT2D eigenvalue weighted by Gasteiger charge is 2.25. The number of guanidine groups is 1. The van der Waals surface area contributed by atoms with Crippen molar-refractivity contribution in [3.8, 4) is 5.75 Å². The number of rotatable bonds is 3.